The molecular formula is C28H33N3O3. The molecule has 4 rings (SSSR count). The van der Waals surface area contributed by atoms with Gasteiger partial charge in [-0.25, -0.2) is 9.69 Å². The van der Waals surface area contributed by atoms with Crippen molar-refractivity contribution in [1.29, 1.82) is 0 Å². The number of imide groups is 2. The monoisotopic (exact) mass is 459 g/mol. The number of rotatable bonds is 3. The van der Waals surface area contributed by atoms with E-state index in [-0.39, 0.29) is 11.1 Å². The molecule has 1 N–H and O–H groups in total. The van der Waals surface area contributed by atoms with Crippen LogP contribution >= 0.6 is 0 Å². The van der Waals surface area contributed by atoms with Crippen LogP contribution in [0.5, 0.6) is 0 Å². The standard InChI is InChI=1S/C28H33N3O3/c1-16(2)31-24-12-18(4)20(13-21(24)19(5)15-28(31,6)7)14-22-25(32)29-27(34)30(26(22)33)23-11-9-8-10-17(23)3/h8-14,16,19H,15H2,1-7H3,(H,29,32,34)/b22-14+. The van der Waals surface area contributed by atoms with Crippen molar-refractivity contribution in [1.82, 2.24) is 5.32 Å². The largest absolute Gasteiger partial charge is 0.364 e. The smallest absolute Gasteiger partial charge is 0.335 e. The molecule has 0 radical (unpaired) electrons. The highest BCUT2D eigenvalue weighted by Gasteiger charge is 2.39. The summed E-state index contributed by atoms with van der Waals surface area (Å²) < 4.78 is 0. The lowest BCUT2D eigenvalue weighted by Gasteiger charge is -2.50. The summed E-state index contributed by atoms with van der Waals surface area (Å²) in [5.74, 6) is -0.952. The molecule has 2 aliphatic rings. The molecule has 0 aromatic heterocycles. The molecule has 1 unspecified atom stereocenters. The van der Waals surface area contributed by atoms with Crippen LogP contribution in [-0.4, -0.2) is 29.4 Å². The second kappa shape index (κ2) is 8.42. The molecule has 2 aromatic rings. The van der Waals surface area contributed by atoms with E-state index in [9.17, 15) is 14.4 Å². The van der Waals surface area contributed by atoms with Crippen molar-refractivity contribution in [3.05, 3.63) is 64.2 Å². The number of benzene rings is 2. The number of barbiturate groups is 1. The minimum Gasteiger partial charge on any atom is -0.364 e. The van der Waals surface area contributed by atoms with E-state index in [0.29, 0.717) is 17.6 Å². The van der Waals surface area contributed by atoms with Gasteiger partial charge in [0.15, 0.2) is 0 Å². The average Bonchev–Trinajstić information content (AvgIpc) is 2.72. The number of hydrogen-bond donors (Lipinski definition) is 1. The zero-order valence-electron chi connectivity index (χ0n) is 21.0. The Labute approximate surface area is 201 Å². The maximum absolute atomic E-state index is 13.4. The van der Waals surface area contributed by atoms with E-state index in [0.717, 1.165) is 28.0 Å². The lowest BCUT2D eigenvalue weighted by molar-refractivity contribution is -0.122. The molecular weight excluding hydrogens is 426 g/mol. The highest BCUT2D eigenvalue weighted by atomic mass is 16.2. The van der Waals surface area contributed by atoms with E-state index in [1.165, 1.54) is 11.3 Å². The highest BCUT2D eigenvalue weighted by molar-refractivity contribution is 6.39. The lowest BCUT2D eigenvalue weighted by atomic mass is 9.78. The summed E-state index contributed by atoms with van der Waals surface area (Å²) >= 11 is 0. The number of fused-ring (bicyclic) bond motifs is 1. The number of hydrogen-bond acceptors (Lipinski definition) is 4. The number of carbonyl (C=O) groups is 3. The Balaban J connectivity index is 1.80. The van der Waals surface area contributed by atoms with Crippen molar-refractivity contribution in [2.45, 2.75) is 72.4 Å². The SMILES string of the molecule is Cc1cc2c(cc1/C=C1\C(=O)NC(=O)N(c3ccccc3C)C1=O)C(C)CC(C)(C)N2C(C)C. The van der Waals surface area contributed by atoms with Crippen molar-refractivity contribution in [2.24, 2.45) is 0 Å². The second-order valence-corrected chi connectivity index (χ2v) is 10.4. The van der Waals surface area contributed by atoms with Gasteiger partial charge in [0, 0.05) is 17.3 Å². The molecule has 0 saturated carbocycles. The fraction of sp³-hybridized carbons (Fsp3) is 0.393. The molecule has 1 saturated heterocycles. The summed E-state index contributed by atoms with van der Waals surface area (Å²) in [6.45, 7) is 15.0. The van der Waals surface area contributed by atoms with Crippen LogP contribution in [-0.2, 0) is 9.59 Å². The predicted molar refractivity (Wildman–Crippen MR) is 136 cm³/mol. The molecule has 6 nitrogen and oxygen atoms in total. The van der Waals surface area contributed by atoms with Gasteiger partial charge in [-0.05, 0) is 100 Å². The first-order chi connectivity index (χ1) is 15.9. The topological polar surface area (TPSA) is 69.7 Å². The van der Waals surface area contributed by atoms with Crippen molar-refractivity contribution in [3.8, 4) is 0 Å². The van der Waals surface area contributed by atoms with E-state index < -0.39 is 17.8 Å². The van der Waals surface area contributed by atoms with Gasteiger partial charge in [0.2, 0.25) is 0 Å². The van der Waals surface area contributed by atoms with Gasteiger partial charge in [-0.15, -0.1) is 0 Å². The second-order valence-electron chi connectivity index (χ2n) is 10.4. The van der Waals surface area contributed by atoms with E-state index in [1.54, 1.807) is 18.2 Å². The number of para-hydroxylation sites is 1. The Morgan fingerprint density at radius 1 is 1.03 bits per heavy atom. The first kappa shape index (κ1) is 23.7. The van der Waals surface area contributed by atoms with Crippen molar-refractivity contribution >= 4 is 35.3 Å². The molecule has 6 heteroatoms. The van der Waals surface area contributed by atoms with Gasteiger partial charge >= 0.3 is 6.03 Å². The molecule has 2 aromatic carbocycles. The summed E-state index contributed by atoms with van der Waals surface area (Å²) in [6, 6.07) is 11.0. The van der Waals surface area contributed by atoms with Crippen LogP contribution in [0.2, 0.25) is 0 Å². The van der Waals surface area contributed by atoms with Crippen molar-refractivity contribution in [2.75, 3.05) is 9.80 Å². The van der Waals surface area contributed by atoms with Gasteiger partial charge in [0.1, 0.15) is 5.57 Å². The summed E-state index contributed by atoms with van der Waals surface area (Å²) in [5.41, 5.74) is 5.42. The number of amides is 4. The maximum Gasteiger partial charge on any atom is 0.335 e. The normalized spacial score (nSPS) is 21.2. The fourth-order valence-corrected chi connectivity index (χ4v) is 5.59. The van der Waals surface area contributed by atoms with Gasteiger partial charge in [-0.3, -0.25) is 14.9 Å². The molecule has 0 aliphatic carbocycles. The van der Waals surface area contributed by atoms with Crippen LogP contribution in [0.4, 0.5) is 16.2 Å². The van der Waals surface area contributed by atoms with Crippen molar-refractivity contribution < 1.29 is 14.4 Å². The van der Waals surface area contributed by atoms with E-state index >= 15 is 0 Å². The molecule has 4 amide bonds. The summed E-state index contributed by atoms with van der Waals surface area (Å²) in [6.07, 6.45) is 2.63. The third-order valence-corrected chi connectivity index (χ3v) is 6.94. The van der Waals surface area contributed by atoms with Gasteiger partial charge in [0.25, 0.3) is 11.8 Å². The minimum atomic E-state index is -0.730. The summed E-state index contributed by atoms with van der Waals surface area (Å²) in [5, 5.41) is 2.33. The van der Waals surface area contributed by atoms with E-state index in [2.05, 4.69) is 57.0 Å². The van der Waals surface area contributed by atoms with E-state index in [4.69, 9.17) is 0 Å². The quantitative estimate of drug-likeness (QED) is 0.488. The van der Waals surface area contributed by atoms with Gasteiger partial charge in [0.05, 0.1) is 5.69 Å². The summed E-state index contributed by atoms with van der Waals surface area (Å²) in [4.78, 5) is 42.2. The van der Waals surface area contributed by atoms with Crippen LogP contribution in [0.15, 0.2) is 42.0 Å². The van der Waals surface area contributed by atoms with Crippen LogP contribution in [0.3, 0.4) is 0 Å². The Hall–Kier alpha value is -3.41. The van der Waals surface area contributed by atoms with Gasteiger partial charge in [-0.1, -0.05) is 25.1 Å². The first-order valence-electron chi connectivity index (χ1n) is 11.8. The number of aryl methyl sites for hydroxylation is 2. The van der Waals surface area contributed by atoms with E-state index in [1.807, 2.05) is 26.0 Å². The first-order valence-corrected chi connectivity index (χ1v) is 11.8. The molecule has 34 heavy (non-hydrogen) atoms. The molecule has 2 heterocycles. The maximum atomic E-state index is 13.4. The fourth-order valence-electron chi connectivity index (χ4n) is 5.59. The molecule has 178 valence electrons. The predicted octanol–water partition coefficient (Wildman–Crippen LogP) is 5.47. The van der Waals surface area contributed by atoms with Gasteiger partial charge < -0.3 is 4.90 Å². The zero-order chi connectivity index (χ0) is 24.9. The number of urea groups is 1. The third kappa shape index (κ3) is 3.91. The van der Waals surface area contributed by atoms with Crippen molar-refractivity contribution in [3.63, 3.8) is 0 Å². The number of nitrogens with one attached hydrogen (secondary N) is 1. The van der Waals surface area contributed by atoms with Crippen LogP contribution in [0.1, 0.15) is 69.2 Å². The number of anilines is 2. The minimum absolute atomic E-state index is 0.0284. The summed E-state index contributed by atoms with van der Waals surface area (Å²) in [7, 11) is 0. The molecule has 0 spiro atoms. The van der Waals surface area contributed by atoms with Crippen LogP contribution in [0.25, 0.3) is 6.08 Å². The van der Waals surface area contributed by atoms with Crippen LogP contribution < -0.4 is 15.1 Å². The third-order valence-electron chi connectivity index (χ3n) is 6.94. The Morgan fingerprint density at radius 3 is 2.35 bits per heavy atom. The van der Waals surface area contributed by atoms with Gasteiger partial charge in [-0.2, -0.15) is 0 Å². The lowest BCUT2D eigenvalue weighted by Crippen LogP contribution is -2.54. The zero-order valence-corrected chi connectivity index (χ0v) is 21.0. The van der Waals surface area contributed by atoms with Crippen LogP contribution in [0, 0.1) is 13.8 Å². The molecule has 1 atom stereocenters. The number of carbonyl (C=O) groups excluding carboxylic acids is 3. The average molecular weight is 460 g/mol. The Morgan fingerprint density at radius 2 is 1.71 bits per heavy atom. The molecule has 1 fully saturated rings. The number of nitrogens with zero attached hydrogens (tertiary/aromatic N) is 2. The molecule has 2 aliphatic heterocycles. The molecule has 0 bridgehead atoms. The Kier molecular flexibility index (Phi) is 5.88. The highest BCUT2D eigenvalue weighted by Crippen LogP contribution is 2.45. The Bertz CT molecular complexity index is 1230.